The van der Waals surface area contributed by atoms with Gasteiger partial charge in [-0.1, -0.05) is 12.8 Å². The summed E-state index contributed by atoms with van der Waals surface area (Å²) in [6.45, 7) is 3.11. The van der Waals surface area contributed by atoms with E-state index in [2.05, 4.69) is 15.0 Å². The zero-order valence-corrected chi connectivity index (χ0v) is 12.9. The van der Waals surface area contributed by atoms with Crippen LogP contribution in [-0.2, 0) is 7.05 Å². The second-order valence-corrected chi connectivity index (χ2v) is 6.55. The third-order valence-electron chi connectivity index (χ3n) is 5.20. The van der Waals surface area contributed by atoms with Gasteiger partial charge in [0.1, 0.15) is 11.6 Å². The molecule has 1 saturated carbocycles. The first-order valence-corrected chi connectivity index (χ1v) is 8.17. The smallest absolute Gasteiger partial charge is 0.163 e. The van der Waals surface area contributed by atoms with E-state index in [1.54, 1.807) is 0 Å². The first-order valence-electron chi connectivity index (χ1n) is 8.17. The van der Waals surface area contributed by atoms with E-state index in [0.717, 1.165) is 35.1 Å². The van der Waals surface area contributed by atoms with Gasteiger partial charge >= 0.3 is 0 Å². The lowest BCUT2D eigenvalue weighted by Gasteiger charge is -2.30. The summed E-state index contributed by atoms with van der Waals surface area (Å²) in [7, 11) is 1.96. The van der Waals surface area contributed by atoms with Gasteiger partial charge in [0.2, 0.25) is 0 Å². The van der Waals surface area contributed by atoms with Gasteiger partial charge in [0.05, 0.1) is 11.6 Å². The predicted molar refractivity (Wildman–Crippen MR) is 83.4 cm³/mol. The fourth-order valence-corrected chi connectivity index (χ4v) is 4.22. The topological polar surface area (TPSA) is 46.8 Å². The van der Waals surface area contributed by atoms with Crippen LogP contribution in [0.1, 0.15) is 44.3 Å². The molecule has 2 aliphatic rings. The van der Waals surface area contributed by atoms with Crippen molar-refractivity contribution in [3.63, 3.8) is 0 Å². The molecule has 2 fully saturated rings. The molecule has 1 saturated heterocycles. The van der Waals surface area contributed by atoms with Crippen LogP contribution < -0.4 is 4.90 Å². The number of hydrogen-bond donors (Lipinski definition) is 0. The van der Waals surface area contributed by atoms with Gasteiger partial charge in [-0.2, -0.15) is 5.10 Å². The van der Waals surface area contributed by atoms with Crippen molar-refractivity contribution in [2.24, 2.45) is 13.0 Å². The van der Waals surface area contributed by atoms with Gasteiger partial charge in [-0.15, -0.1) is 0 Å². The van der Waals surface area contributed by atoms with Crippen LogP contribution in [0.5, 0.6) is 0 Å². The standard InChI is InChI=1S/C16H23N5/c1-11-18-15-13(10-17-20(15)2)16(19-11)21-9-5-8-14(21)12-6-3-4-7-12/h10,12,14H,3-9H2,1-2H3/t14-/m0/s1. The summed E-state index contributed by atoms with van der Waals surface area (Å²) < 4.78 is 1.86. The molecule has 2 aromatic rings. The van der Waals surface area contributed by atoms with Crippen LogP contribution in [0.15, 0.2) is 6.20 Å². The van der Waals surface area contributed by atoms with Crippen molar-refractivity contribution >= 4 is 16.9 Å². The summed E-state index contributed by atoms with van der Waals surface area (Å²) in [6.07, 6.45) is 10.1. The lowest BCUT2D eigenvalue weighted by Crippen LogP contribution is -2.35. The minimum absolute atomic E-state index is 0.671. The Hall–Kier alpha value is -1.65. The molecular formula is C16H23N5. The molecule has 1 atom stereocenters. The SMILES string of the molecule is Cc1nc(N2CCC[C@H]2C2CCCC2)c2cnn(C)c2n1. The average molecular weight is 285 g/mol. The first-order chi connectivity index (χ1) is 10.2. The molecule has 0 bridgehead atoms. The van der Waals surface area contributed by atoms with E-state index >= 15 is 0 Å². The minimum atomic E-state index is 0.671. The predicted octanol–water partition coefficient (Wildman–Crippen LogP) is 2.83. The van der Waals surface area contributed by atoms with E-state index in [0.29, 0.717) is 6.04 Å². The molecule has 0 spiro atoms. The second kappa shape index (κ2) is 4.97. The number of rotatable bonds is 2. The monoisotopic (exact) mass is 285 g/mol. The molecule has 0 radical (unpaired) electrons. The Morgan fingerprint density at radius 3 is 2.71 bits per heavy atom. The van der Waals surface area contributed by atoms with E-state index in [-0.39, 0.29) is 0 Å². The Bertz CT molecular complexity index is 656. The molecule has 5 heteroatoms. The number of aryl methyl sites for hydroxylation is 2. The van der Waals surface area contributed by atoms with Crippen LogP contribution in [0, 0.1) is 12.8 Å². The van der Waals surface area contributed by atoms with Gasteiger partial charge in [0.25, 0.3) is 0 Å². The molecule has 1 aliphatic heterocycles. The van der Waals surface area contributed by atoms with Crippen molar-refractivity contribution < 1.29 is 0 Å². The molecule has 5 nitrogen and oxygen atoms in total. The second-order valence-electron chi connectivity index (χ2n) is 6.55. The highest BCUT2D eigenvalue weighted by molar-refractivity contribution is 5.87. The Labute approximate surface area is 125 Å². The maximum atomic E-state index is 4.78. The van der Waals surface area contributed by atoms with Crippen molar-refractivity contribution in [2.75, 3.05) is 11.4 Å². The molecule has 1 aliphatic carbocycles. The summed E-state index contributed by atoms with van der Waals surface area (Å²) in [5.41, 5.74) is 0.953. The first kappa shape index (κ1) is 13.0. The van der Waals surface area contributed by atoms with Gasteiger partial charge in [0, 0.05) is 19.6 Å². The Kier molecular flexibility index (Phi) is 3.08. The van der Waals surface area contributed by atoms with Crippen LogP contribution in [0.25, 0.3) is 11.0 Å². The molecule has 4 rings (SSSR count). The zero-order chi connectivity index (χ0) is 14.4. The number of aromatic nitrogens is 4. The quantitative estimate of drug-likeness (QED) is 0.851. The van der Waals surface area contributed by atoms with Crippen LogP contribution in [0.4, 0.5) is 5.82 Å². The third-order valence-corrected chi connectivity index (χ3v) is 5.20. The molecule has 0 amide bonds. The third kappa shape index (κ3) is 2.10. The lowest BCUT2D eigenvalue weighted by molar-refractivity contribution is 0.429. The fraction of sp³-hybridized carbons (Fsp3) is 0.688. The molecule has 2 aromatic heterocycles. The molecule has 3 heterocycles. The molecule has 21 heavy (non-hydrogen) atoms. The number of nitrogens with zero attached hydrogens (tertiary/aromatic N) is 5. The molecule has 112 valence electrons. The fourth-order valence-electron chi connectivity index (χ4n) is 4.22. The van der Waals surface area contributed by atoms with Crippen LogP contribution in [0.2, 0.25) is 0 Å². The lowest BCUT2D eigenvalue weighted by atomic mass is 9.96. The van der Waals surface area contributed by atoms with E-state index < -0.39 is 0 Å². The summed E-state index contributed by atoms with van der Waals surface area (Å²) in [5.74, 6) is 2.81. The normalized spacial score (nSPS) is 23.5. The van der Waals surface area contributed by atoms with Gasteiger partial charge in [0.15, 0.2) is 5.65 Å². The van der Waals surface area contributed by atoms with Gasteiger partial charge in [-0.05, 0) is 38.5 Å². The highest BCUT2D eigenvalue weighted by Gasteiger charge is 2.35. The van der Waals surface area contributed by atoms with Crippen molar-refractivity contribution in [1.82, 2.24) is 19.7 Å². The number of fused-ring (bicyclic) bond motifs is 1. The van der Waals surface area contributed by atoms with E-state index in [9.17, 15) is 0 Å². The minimum Gasteiger partial charge on any atom is -0.353 e. The highest BCUT2D eigenvalue weighted by Crippen LogP contribution is 2.38. The van der Waals surface area contributed by atoms with Crippen LogP contribution in [0.3, 0.4) is 0 Å². The summed E-state index contributed by atoms with van der Waals surface area (Å²) in [5, 5.41) is 5.48. The number of hydrogen-bond acceptors (Lipinski definition) is 4. The maximum Gasteiger partial charge on any atom is 0.163 e. The van der Waals surface area contributed by atoms with Crippen molar-refractivity contribution in [3.05, 3.63) is 12.0 Å². The highest BCUT2D eigenvalue weighted by atomic mass is 15.3. The molecule has 0 N–H and O–H groups in total. The zero-order valence-electron chi connectivity index (χ0n) is 12.9. The van der Waals surface area contributed by atoms with E-state index in [1.807, 2.05) is 24.9 Å². The molecular weight excluding hydrogens is 262 g/mol. The summed E-state index contributed by atoms with van der Waals surface area (Å²) in [4.78, 5) is 11.9. The van der Waals surface area contributed by atoms with Crippen molar-refractivity contribution in [3.8, 4) is 0 Å². The van der Waals surface area contributed by atoms with Crippen molar-refractivity contribution in [2.45, 2.75) is 51.5 Å². The van der Waals surface area contributed by atoms with Crippen LogP contribution >= 0.6 is 0 Å². The Morgan fingerprint density at radius 1 is 1.10 bits per heavy atom. The molecule has 0 aromatic carbocycles. The Morgan fingerprint density at radius 2 is 1.90 bits per heavy atom. The van der Waals surface area contributed by atoms with Gasteiger partial charge in [-0.25, -0.2) is 9.97 Å². The van der Waals surface area contributed by atoms with E-state index in [4.69, 9.17) is 4.98 Å². The van der Waals surface area contributed by atoms with E-state index in [1.165, 1.54) is 38.5 Å². The Balaban J connectivity index is 1.77. The number of anilines is 1. The van der Waals surface area contributed by atoms with Crippen LogP contribution in [-0.4, -0.2) is 32.3 Å². The van der Waals surface area contributed by atoms with Gasteiger partial charge < -0.3 is 4.90 Å². The van der Waals surface area contributed by atoms with Gasteiger partial charge in [-0.3, -0.25) is 4.68 Å². The summed E-state index contributed by atoms with van der Waals surface area (Å²) >= 11 is 0. The summed E-state index contributed by atoms with van der Waals surface area (Å²) in [6, 6.07) is 0.671. The molecule has 0 unspecified atom stereocenters. The maximum absolute atomic E-state index is 4.78. The average Bonchev–Trinajstić information content (AvgIpc) is 3.18. The largest absolute Gasteiger partial charge is 0.353 e. The van der Waals surface area contributed by atoms with Crippen molar-refractivity contribution in [1.29, 1.82) is 0 Å².